The Bertz CT molecular complexity index is 1860. The highest BCUT2D eigenvalue weighted by molar-refractivity contribution is 7.90. The maximum atomic E-state index is 12.8. The van der Waals surface area contributed by atoms with E-state index in [2.05, 4.69) is 25.3 Å². The molecule has 0 bridgehead atoms. The van der Waals surface area contributed by atoms with Crippen LogP contribution in [-0.4, -0.2) is 40.5 Å². The van der Waals surface area contributed by atoms with Crippen LogP contribution < -0.4 is 10.9 Å². The van der Waals surface area contributed by atoms with E-state index in [0.717, 1.165) is 17.2 Å². The van der Waals surface area contributed by atoms with E-state index in [1.807, 2.05) is 12.1 Å². The third kappa shape index (κ3) is 6.08. The van der Waals surface area contributed by atoms with Crippen molar-refractivity contribution in [3.05, 3.63) is 122 Å². The largest absolute Gasteiger partial charge is 0.348 e. The lowest BCUT2D eigenvalue weighted by Crippen LogP contribution is -2.23. The average molecular weight is 562 g/mol. The van der Waals surface area contributed by atoms with Gasteiger partial charge in [0, 0.05) is 72.6 Å². The van der Waals surface area contributed by atoms with Crippen molar-refractivity contribution in [1.29, 1.82) is 0 Å². The number of halogens is 1. The van der Waals surface area contributed by atoms with Gasteiger partial charge in [-0.1, -0.05) is 29.8 Å². The van der Waals surface area contributed by atoms with Crippen molar-refractivity contribution < 1.29 is 13.2 Å². The molecule has 5 aromatic rings. The molecule has 4 heterocycles. The van der Waals surface area contributed by atoms with Gasteiger partial charge in [0.25, 0.3) is 11.5 Å². The Balaban J connectivity index is 1.32. The smallest absolute Gasteiger partial charge is 0.251 e. The topological polar surface area (TPSA) is 138 Å². The summed E-state index contributed by atoms with van der Waals surface area (Å²) >= 11 is 6.16. The number of nitrogens with one attached hydrogen (secondary N) is 3. The molecule has 4 aromatic heterocycles. The highest BCUT2D eigenvalue weighted by atomic mass is 35.5. The molecule has 0 aliphatic rings. The lowest BCUT2D eigenvalue weighted by molar-refractivity contribution is 0.0950. The summed E-state index contributed by atoms with van der Waals surface area (Å²) in [6.07, 6.45) is 8.06. The number of nitrogens with zero attached hydrogens (tertiary/aromatic N) is 2. The molecule has 0 saturated carbocycles. The second kappa shape index (κ2) is 10.8. The maximum absolute atomic E-state index is 12.8. The van der Waals surface area contributed by atoms with Gasteiger partial charge in [0.1, 0.15) is 5.65 Å². The fraction of sp³-hybridized carbons (Fsp3) is 0.143. The number of aromatic amines is 2. The van der Waals surface area contributed by atoms with Gasteiger partial charge in [0.05, 0.1) is 9.92 Å². The number of pyridine rings is 3. The summed E-state index contributed by atoms with van der Waals surface area (Å²) in [5.41, 5.74) is 3.98. The van der Waals surface area contributed by atoms with E-state index in [1.165, 1.54) is 6.20 Å². The number of aromatic nitrogens is 4. The third-order valence-electron chi connectivity index (χ3n) is 6.27. The molecule has 0 radical (unpaired) electrons. The van der Waals surface area contributed by atoms with E-state index in [0.29, 0.717) is 45.0 Å². The van der Waals surface area contributed by atoms with Crippen LogP contribution in [0.5, 0.6) is 0 Å². The first-order chi connectivity index (χ1) is 18.7. The van der Waals surface area contributed by atoms with Crippen LogP contribution >= 0.6 is 11.6 Å². The van der Waals surface area contributed by atoms with Gasteiger partial charge in [-0.2, -0.15) is 0 Å². The van der Waals surface area contributed by atoms with Crippen LogP contribution in [0.3, 0.4) is 0 Å². The molecular weight excluding hydrogens is 538 g/mol. The second-order valence-electron chi connectivity index (χ2n) is 9.19. The highest BCUT2D eigenvalue weighted by Gasteiger charge is 2.16. The van der Waals surface area contributed by atoms with Gasteiger partial charge in [-0.05, 0) is 47.0 Å². The van der Waals surface area contributed by atoms with Gasteiger partial charge in [-0.15, -0.1) is 0 Å². The van der Waals surface area contributed by atoms with E-state index in [4.69, 9.17) is 11.6 Å². The van der Waals surface area contributed by atoms with Crippen molar-refractivity contribution in [1.82, 2.24) is 25.3 Å². The Kier molecular flexibility index (Phi) is 7.32. The van der Waals surface area contributed by atoms with Crippen molar-refractivity contribution in [2.75, 3.05) is 6.26 Å². The quantitative estimate of drug-likeness (QED) is 0.263. The molecule has 0 saturated heterocycles. The highest BCUT2D eigenvalue weighted by Crippen LogP contribution is 2.23. The predicted octanol–water partition coefficient (Wildman–Crippen LogP) is 3.81. The molecule has 39 heavy (non-hydrogen) atoms. The van der Waals surface area contributed by atoms with E-state index in [-0.39, 0.29) is 29.3 Å². The molecule has 198 valence electrons. The number of sulfone groups is 1. The SMILES string of the molecule is CS(=O)(=O)c1cc(Cc2cc(C(=O)NCc3cnc4[nH]cc(Cl)c4c3)ccn2)ccc1Cc1ccc[nH]c1=O. The molecule has 1 aromatic carbocycles. The van der Waals surface area contributed by atoms with Gasteiger partial charge in [0.2, 0.25) is 0 Å². The number of hydrogen-bond donors (Lipinski definition) is 3. The molecule has 3 N–H and O–H groups in total. The number of benzene rings is 1. The summed E-state index contributed by atoms with van der Waals surface area (Å²) in [5, 5.41) is 4.22. The number of hydrogen-bond acceptors (Lipinski definition) is 6. The van der Waals surface area contributed by atoms with E-state index >= 15 is 0 Å². The summed E-state index contributed by atoms with van der Waals surface area (Å²) in [4.78, 5) is 39.4. The van der Waals surface area contributed by atoms with Gasteiger partial charge >= 0.3 is 0 Å². The zero-order valence-corrected chi connectivity index (χ0v) is 22.4. The molecule has 1 amide bonds. The van der Waals surface area contributed by atoms with Crippen LogP contribution in [0.2, 0.25) is 5.02 Å². The molecular formula is C28H24ClN5O4S. The summed E-state index contributed by atoms with van der Waals surface area (Å²) in [6, 6.07) is 13.7. The predicted molar refractivity (Wildman–Crippen MR) is 149 cm³/mol. The van der Waals surface area contributed by atoms with Crippen molar-refractivity contribution in [3.8, 4) is 0 Å². The first-order valence-corrected chi connectivity index (χ1v) is 14.3. The minimum atomic E-state index is -3.56. The Hall–Kier alpha value is -4.28. The number of fused-ring (bicyclic) bond motifs is 1. The number of carbonyl (C=O) groups excluding carboxylic acids is 1. The molecule has 0 aliphatic carbocycles. The summed E-state index contributed by atoms with van der Waals surface area (Å²) < 4.78 is 25.1. The van der Waals surface area contributed by atoms with Gasteiger partial charge in [0.15, 0.2) is 9.84 Å². The van der Waals surface area contributed by atoms with E-state index < -0.39 is 9.84 Å². The monoisotopic (exact) mass is 561 g/mol. The zero-order valence-electron chi connectivity index (χ0n) is 20.9. The molecule has 0 aliphatic heterocycles. The van der Waals surface area contributed by atoms with Crippen LogP contribution in [0.15, 0.2) is 83.0 Å². The number of rotatable bonds is 8. The lowest BCUT2D eigenvalue weighted by atomic mass is 10.0. The molecule has 9 nitrogen and oxygen atoms in total. The third-order valence-corrected chi connectivity index (χ3v) is 7.76. The number of amides is 1. The second-order valence-corrected chi connectivity index (χ2v) is 11.6. The van der Waals surface area contributed by atoms with Crippen LogP contribution in [-0.2, 0) is 29.2 Å². The molecule has 0 atom stereocenters. The van der Waals surface area contributed by atoms with Crippen LogP contribution in [0.25, 0.3) is 11.0 Å². The van der Waals surface area contributed by atoms with Crippen molar-refractivity contribution >= 4 is 38.4 Å². The maximum Gasteiger partial charge on any atom is 0.251 e. The average Bonchev–Trinajstić information content (AvgIpc) is 3.29. The Morgan fingerprint density at radius 3 is 2.64 bits per heavy atom. The van der Waals surface area contributed by atoms with Gasteiger partial charge in [-0.25, -0.2) is 13.4 Å². The summed E-state index contributed by atoms with van der Waals surface area (Å²) in [6.45, 7) is 0.268. The minimum absolute atomic E-state index is 0.158. The zero-order chi connectivity index (χ0) is 27.6. The first kappa shape index (κ1) is 26.3. The number of carbonyl (C=O) groups is 1. The first-order valence-electron chi connectivity index (χ1n) is 12.0. The van der Waals surface area contributed by atoms with Crippen LogP contribution in [0.1, 0.15) is 38.3 Å². The fourth-order valence-corrected chi connectivity index (χ4v) is 5.50. The van der Waals surface area contributed by atoms with Crippen molar-refractivity contribution in [3.63, 3.8) is 0 Å². The van der Waals surface area contributed by atoms with Crippen LogP contribution in [0.4, 0.5) is 0 Å². The van der Waals surface area contributed by atoms with Crippen LogP contribution in [0, 0.1) is 0 Å². The van der Waals surface area contributed by atoms with E-state index in [1.54, 1.807) is 55.0 Å². The molecule has 0 fully saturated rings. The van der Waals surface area contributed by atoms with Crippen molar-refractivity contribution in [2.45, 2.75) is 24.3 Å². The molecule has 0 unspecified atom stereocenters. The Morgan fingerprint density at radius 1 is 1.00 bits per heavy atom. The molecule has 0 spiro atoms. The number of H-pyrrole nitrogens is 2. The van der Waals surface area contributed by atoms with Crippen molar-refractivity contribution in [2.24, 2.45) is 0 Å². The normalized spacial score (nSPS) is 11.5. The van der Waals surface area contributed by atoms with Gasteiger partial charge < -0.3 is 15.3 Å². The Labute approximate surface area is 229 Å². The Morgan fingerprint density at radius 2 is 1.85 bits per heavy atom. The summed E-state index contributed by atoms with van der Waals surface area (Å²) in [7, 11) is -3.56. The standard InChI is InChI=1S/C28H24ClN5O4S/c1-39(37,38)25-11-17(4-5-19(25)12-20-3-2-7-31-27(20)35)9-22-13-21(6-8-30-22)28(36)34-15-18-10-23-24(29)16-33-26(23)32-14-18/h2-8,10-11,13-14,16H,9,12,15H2,1H3,(H,31,35)(H,32,33)(H,34,36). The van der Waals surface area contributed by atoms with Gasteiger partial charge in [-0.3, -0.25) is 14.6 Å². The summed E-state index contributed by atoms with van der Waals surface area (Å²) in [5.74, 6) is -0.279. The molecule has 11 heteroatoms. The molecule has 5 rings (SSSR count). The fourth-order valence-electron chi connectivity index (χ4n) is 4.32. The minimum Gasteiger partial charge on any atom is -0.348 e. The van der Waals surface area contributed by atoms with E-state index in [9.17, 15) is 18.0 Å². The lowest BCUT2D eigenvalue weighted by Gasteiger charge is -2.11.